The van der Waals surface area contributed by atoms with Crippen LogP contribution in [0.1, 0.15) is 50.5 Å². The van der Waals surface area contributed by atoms with Crippen LogP contribution in [0.15, 0.2) is 42.7 Å². The summed E-state index contributed by atoms with van der Waals surface area (Å²) in [7, 11) is 1.66. The van der Waals surface area contributed by atoms with E-state index in [4.69, 9.17) is 0 Å². The lowest BCUT2D eigenvalue weighted by atomic mass is 10.0. The fourth-order valence-corrected chi connectivity index (χ4v) is 4.75. The van der Waals surface area contributed by atoms with Crippen LogP contribution in [0.3, 0.4) is 0 Å². The van der Waals surface area contributed by atoms with Gasteiger partial charge in [-0.3, -0.25) is 19.4 Å². The third kappa shape index (κ3) is 5.00. The summed E-state index contributed by atoms with van der Waals surface area (Å²) in [6.07, 6.45) is 4.94. The molecule has 0 bridgehead atoms. The van der Waals surface area contributed by atoms with E-state index in [1.807, 2.05) is 12.1 Å². The minimum Gasteiger partial charge on any atom is -0.371 e. The van der Waals surface area contributed by atoms with Crippen molar-refractivity contribution in [2.45, 2.75) is 39.7 Å². The molecule has 1 fully saturated rings. The zero-order valence-electron chi connectivity index (χ0n) is 20.9. The molecule has 8 nitrogen and oxygen atoms in total. The lowest BCUT2D eigenvalue weighted by molar-refractivity contribution is -0.117. The first kappa shape index (κ1) is 25.1. The van der Waals surface area contributed by atoms with Crippen molar-refractivity contribution in [2.75, 3.05) is 23.3 Å². The molecule has 36 heavy (non-hydrogen) atoms. The van der Waals surface area contributed by atoms with Crippen LogP contribution >= 0.6 is 0 Å². The molecule has 0 spiro atoms. The van der Waals surface area contributed by atoms with E-state index < -0.39 is 17.6 Å². The van der Waals surface area contributed by atoms with E-state index in [1.165, 1.54) is 12.1 Å². The van der Waals surface area contributed by atoms with Crippen LogP contribution in [0, 0.1) is 26.6 Å². The average molecular weight is 492 g/mol. The second-order valence-electron chi connectivity index (χ2n) is 9.18. The fourth-order valence-electron chi connectivity index (χ4n) is 4.75. The molecule has 1 aliphatic heterocycles. The third-order valence-electron chi connectivity index (χ3n) is 6.85. The minimum absolute atomic E-state index is 0.106. The van der Waals surface area contributed by atoms with Crippen LogP contribution in [0.5, 0.6) is 0 Å². The SMILES string of the molecule is Cc1cc(NC(=O)c2c(C)c(C(=O)C(=O)NC3CCN(c4ccncc4)CC3)n(C)c2C)ccc1F. The van der Waals surface area contributed by atoms with Gasteiger partial charge in [-0.2, -0.15) is 0 Å². The van der Waals surface area contributed by atoms with Crippen LogP contribution in [-0.4, -0.2) is 46.3 Å². The van der Waals surface area contributed by atoms with Crippen molar-refractivity contribution in [3.8, 4) is 0 Å². The molecule has 2 amide bonds. The van der Waals surface area contributed by atoms with Crippen molar-refractivity contribution in [1.29, 1.82) is 0 Å². The number of ketones is 1. The summed E-state index contributed by atoms with van der Waals surface area (Å²) >= 11 is 0. The lowest BCUT2D eigenvalue weighted by Crippen LogP contribution is -2.47. The number of halogens is 1. The highest BCUT2D eigenvalue weighted by atomic mass is 19.1. The number of piperidine rings is 1. The van der Waals surface area contributed by atoms with Crippen LogP contribution in [-0.2, 0) is 11.8 Å². The number of aryl methyl sites for hydroxylation is 1. The van der Waals surface area contributed by atoms with Gasteiger partial charge in [-0.05, 0) is 75.1 Å². The van der Waals surface area contributed by atoms with Gasteiger partial charge in [0.25, 0.3) is 17.6 Å². The second kappa shape index (κ2) is 10.3. The molecule has 3 aromatic rings. The Morgan fingerprint density at radius 1 is 1.03 bits per heavy atom. The molecule has 0 radical (unpaired) electrons. The highest BCUT2D eigenvalue weighted by Gasteiger charge is 2.30. The molecule has 0 saturated carbocycles. The second-order valence-corrected chi connectivity index (χ2v) is 9.18. The Morgan fingerprint density at radius 3 is 2.33 bits per heavy atom. The van der Waals surface area contributed by atoms with Gasteiger partial charge in [0, 0.05) is 55.6 Å². The predicted molar refractivity (Wildman–Crippen MR) is 136 cm³/mol. The zero-order chi connectivity index (χ0) is 26.0. The van der Waals surface area contributed by atoms with E-state index in [-0.39, 0.29) is 17.6 Å². The number of nitrogens with zero attached hydrogens (tertiary/aromatic N) is 3. The van der Waals surface area contributed by atoms with Gasteiger partial charge in [-0.25, -0.2) is 4.39 Å². The molecule has 3 heterocycles. The molecule has 1 aliphatic rings. The van der Waals surface area contributed by atoms with Gasteiger partial charge in [0.1, 0.15) is 5.82 Å². The van der Waals surface area contributed by atoms with E-state index in [2.05, 4.69) is 20.5 Å². The van der Waals surface area contributed by atoms with E-state index in [9.17, 15) is 18.8 Å². The van der Waals surface area contributed by atoms with Gasteiger partial charge in [0.2, 0.25) is 0 Å². The van der Waals surface area contributed by atoms with Crippen LogP contribution in [0.4, 0.5) is 15.8 Å². The van der Waals surface area contributed by atoms with E-state index in [0.717, 1.165) is 31.6 Å². The number of hydrogen-bond donors (Lipinski definition) is 2. The molecule has 1 saturated heterocycles. The number of anilines is 2. The molecule has 1 aromatic carbocycles. The maximum atomic E-state index is 13.6. The van der Waals surface area contributed by atoms with Gasteiger partial charge < -0.3 is 20.1 Å². The number of carbonyl (C=O) groups is 3. The van der Waals surface area contributed by atoms with Gasteiger partial charge in [-0.15, -0.1) is 0 Å². The van der Waals surface area contributed by atoms with Gasteiger partial charge in [0.05, 0.1) is 11.3 Å². The first-order valence-electron chi connectivity index (χ1n) is 11.9. The Balaban J connectivity index is 1.44. The Kier molecular flexibility index (Phi) is 7.19. The number of Topliss-reactive ketones (excluding diaryl/α,β-unsaturated/α-hetero) is 1. The smallest absolute Gasteiger partial charge is 0.294 e. The highest BCUT2D eigenvalue weighted by molar-refractivity contribution is 6.43. The summed E-state index contributed by atoms with van der Waals surface area (Å²) in [5.74, 6) is -2.13. The van der Waals surface area contributed by atoms with Gasteiger partial charge in [-0.1, -0.05) is 0 Å². The van der Waals surface area contributed by atoms with Crippen molar-refractivity contribution in [1.82, 2.24) is 14.9 Å². The topological polar surface area (TPSA) is 96.3 Å². The monoisotopic (exact) mass is 491 g/mol. The van der Waals surface area contributed by atoms with Gasteiger partial charge >= 0.3 is 0 Å². The number of nitrogens with one attached hydrogen (secondary N) is 2. The molecule has 0 unspecified atom stereocenters. The van der Waals surface area contributed by atoms with Crippen molar-refractivity contribution in [2.24, 2.45) is 7.05 Å². The Bertz CT molecular complexity index is 1310. The summed E-state index contributed by atoms with van der Waals surface area (Å²) in [6.45, 7) is 6.52. The molecule has 0 aliphatic carbocycles. The largest absolute Gasteiger partial charge is 0.371 e. The Hall–Kier alpha value is -4.01. The first-order chi connectivity index (χ1) is 17.2. The van der Waals surface area contributed by atoms with E-state index in [1.54, 1.807) is 50.8 Å². The first-order valence-corrected chi connectivity index (χ1v) is 11.9. The van der Waals surface area contributed by atoms with E-state index in [0.29, 0.717) is 28.1 Å². The molecule has 9 heteroatoms. The summed E-state index contributed by atoms with van der Waals surface area (Å²) in [5.41, 5.74) is 3.44. The molecular weight excluding hydrogens is 461 g/mol. The maximum Gasteiger partial charge on any atom is 0.294 e. The Morgan fingerprint density at radius 2 is 1.69 bits per heavy atom. The zero-order valence-corrected chi connectivity index (χ0v) is 20.9. The summed E-state index contributed by atoms with van der Waals surface area (Å²) < 4.78 is 15.2. The van der Waals surface area contributed by atoms with Crippen LogP contribution < -0.4 is 15.5 Å². The highest BCUT2D eigenvalue weighted by Crippen LogP contribution is 2.24. The fraction of sp³-hybridized carbons (Fsp3) is 0.333. The van der Waals surface area contributed by atoms with Crippen molar-refractivity contribution in [3.63, 3.8) is 0 Å². The number of hydrogen-bond acceptors (Lipinski definition) is 5. The number of rotatable bonds is 6. The summed E-state index contributed by atoms with van der Waals surface area (Å²) in [6, 6.07) is 8.11. The summed E-state index contributed by atoms with van der Waals surface area (Å²) in [5, 5.41) is 5.64. The van der Waals surface area contributed by atoms with Crippen molar-refractivity contribution >= 4 is 29.0 Å². The molecule has 2 N–H and O–H groups in total. The normalized spacial score (nSPS) is 14.0. The number of carbonyl (C=O) groups excluding carboxylic acids is 3. The minimum atomic E-state index is -0.679. The quantitative estimate of drug-likeness (QED) is 0.405. The molecular formula is C27H30FN5O3. The lowest BCUT2D eigenvalue weighted by Gasteiger charge is -2.33. The molecule has 4 rings (SSSR count). The van der Waals surface area contributed by atoms with Crippen LogP contribution in [0.2, 0.25) is 0 Å². The molecule has 0 atom stereocenters. The van der Waals surface area contributed by atoms with Gasteiger partial charge in [0.15, 0.2) is 0 Å². The number of aromatic nitrogens is 2. The van der Waals surface area contributed by atoms with Crippen molar-refractivity contribution < 1.29 is 18.8 Å². The Labute approximate surface area is 209 Å². The number of amides is 2. The number of benzene rings is 1. The molecule has 2 aromatic heterocycles. The van der Waals surface area contributed by atoms with Crippen LogP contribution in [0.25, 0.3) is 0 Å². The van der Waals surface area contributed by atoms with Crippen molar-refractivity contribution in [3.05, 3.63) is 76.6 Å². The number of pyridine rings is 1. The average Bonchev–Trinajstić information content (AvgIpc) is 3.09. The molecule has 188 valence electrons. The van der Waals surface area contributed by atoms with E-state index >= 15 is 0 Å². The maximum absolute atomic E-state index is 13.6. The third-order valence-corrected chi connectivity index (χ3v) is 6.85. The predicted octanol–water partition coefficient (Wildman–Crippen LogP) is 3.70. The summed E-state index contributed by atoms with van der Waals surface area (Å²) in [4.78, 5) is 45.3. The standard InChI is InChI=1S/C27H30FN5O3/c1-16-15-20(5-6-22(16)28)31-26(35)23-17(2)24(32(4)18(23)3)25(34)27(36)30-19-9-13-33(14-10-19)21-7-11-29-12-8-21/h5-8,11-12,15,19H,9-10,13-14H2,1-4H3,(H,30,36)(H,31,35).